The van der Waals surface area contributed by atoms with E-state index in [1.54, 1.807) is 37.4 Å². The molecule has 0 spiro atoms. The normalized spacial score (nSPS) is 14.6. The van der Waals surface area contributed by atoms with Gasteiger partial charge in [-0.3, -0.25) is 14.5 Å². The standard InChI is InChI=1S/C22H25FN2O3/c1-24(22(27)17-7-2-4-9-19(17)23)20-10-5-3-8-18(20)21(26)11-6-12-25-13-15-28-16-14-25/h2-5,7-10H,6,11-16H2,1H3. The maximum atomic E-state index is 14.0. The Balaban J connectivity index is 1.68. The fourth-order valence-electron chi connectivity index (χ4n) is 3.35. The van der Waals surface area contributed by atoms with E-state index in [2.05, 4.69) is 4.90 Å². The van der Waals surface area contributed by atoms with E-state index < -0.39 is 11.7 Å². The lowest BCUT2D eigenvalue weighted by Gasteiger charge is -2.26. The summed E-state index contributed by atoms with van der Waals surface area (Å²) in [5.41, 5.74) is 0.961. The monoisotopic (exact) mass is 384 g/mol. The molecule has 1 fully saturated rings. The minimum absolute atomic E-state index is 0.0143. The van der Waals surface area contributed by atoms with Gasteiger partial charge in [-0.1, -0.05) is 24.3 Å². The van der Waals surface area contributed by atoms with Crippen molar-refractivity contribution in [2.24, 2.45) is 0 Å². The van der Waals surface area contributed by atoms with Crippen molar-refractivity contribution >= 4 is 17.4 Å². The number of nitrogens with zero attached hydrogens (tertiary/aromatic N) is 2. The third-order valence-electron chi connectivity index (χ3n) is 4.96. The number of Topliss-reactive ketones (excluding diaryl/α,β-unsaturated/α-hetero) is 1. The average molecular weight is 384 g/mol. The molecule has 1 amide bonds. The summed E-state index contributed by atoms with van der Waals surface area (Å²) in [4.78, 5) is 29.1. The lowest BCUT2D eigenvalue weighted by molar-refractivity contribution is 0.0371. The van der Waals surface area contributed by atoms with Gasteiger partial charge in [-0.2, -0.15) is 0 Å². The Morgan fingerprint density at radius 3 is 2.39 bits per heavy atom. The molecule has 0 aliphatic carbocycles. The molecule has 1 heterocycles. The lowest BCUT2D eigenvalue weighted by Crippen LogP contribution is -2.37. The van der Waals surface area contributed by atoms with Crippen molar-refractivity contribution in [3.63, 3.8) is 0 Å². The van der Waals surface area contributed by atoms with Crippen LogP contribution >= 0.6 is 0 Å². The van der Waals surface area contributed by atoms with Crippen LogP contribution in [0.3, 0.4) is 0 Å². The van der Waals surface area contributed by atoms with Gasteiger partial charge in [0.25, 0.3) is 5.91 Å². The summed E-state index contributed by atoms with van der Waals surface area (Å²) in [6.45, 7) is 4.11. The van der Waals surface area contributed by atoms with Crippen molar-refractivity contribution < 1.29 is 18.7 Å². The number of amides is 1. The maximum Gasteiger partial charge on any atom is 0.261 e. The molecule has 3 rings (SSSR count). The van der Waals surface area contributed by atoms with Crippen molar-refractivity contribution in [1.29, 1.82) is 0 Å². The third kappa shape index (κ3) is 4.82. The van der Waals surface area contributed by atoms with Crippen LogP contribution in [-0.4, -0.2) is 56.5 Å². The molecule has 28 heavy (non-hydrogen) atoms. The number of morpholine rings is 1. The van der Waals surface area contributed by atoms with E-state index >= 15 is 0 Å². The van der Waals surface area contributed by atoms with Crippen LogP contribution in [0.5, 0.6) is 0 Å². The summed E-state index contributed by atoms with van der Waals surface area (Å²) in [6.07, 6.45) is 1.15. The fraction of sp³-hybridized carbons (Fsp3) is 0.364. The van der Waals surface area contributed by atoms with Crippen molar-refractivity contribution in [3.05, 3.63) is 65.5 Å². The molecule has 0 saturated carbocycles. The first-order valence-electron chi connectivity index (χ1n) is 9.53. The molecule has 0 aromatic heterocycles. The second kappa shape index (κ2) is 9.57. The minimum Gasteiger partial charge on any atom is -0.379 e. The highest BCUT2D eigenvalue weighted by Crippen LogP contribution is 2.23. The summed E-state index contributed by atoms with van der Waals surface area (Å²) in [5, 5.41) is 0. The Kier molecular flexibility index (Phi) is 6.90. The molecule has 1 aliphatic heterocycles. The van der Waals surface area contributed by atoms with Crippen LogP contribution in [0.4, 0.5) is 10.1 Å². The predicted octanol–water partition coefficient (Wildman–Crippen LogP) is 3.40. The number of carbonyl (C=O) groups excluding carboxylic acids is 2. The van der Waals surface area contributed by atoms with E-state index in [1.807, 2.05) is 0 Å². The molecular weight excluding hydrogens is 359 g/mol. The highest BCUT2D eigenvalue weighted by Gasteiger charge is 2.21. The number of hydrogen-bond acceptors (Lipinski definition) is 4. The molecule has 0 radical (unpaired) electrons. The highest BCUT2D eigenvalue weighted by atomic mass is 19.1. The number of carbonyl (C=O) groups is 2. The van der Waals surface area contributed by atoms with E-state index in [4.69, 9.17) is 4.74 Å². The Hall–Kier alpha value is -2.57. The molecule has 1 saturated heterocycles. The van der Waals surface area contributed by atoms with Gasteiger partial charge < -0.3 is 9.64 Å². The molecule has 148 valence electrons. The van der Waals surface area contributed by atoms with Crippen LogP contribution in [0.25, 0.3) is 0 Å². The molecule has 0 atom stereocenters. The van der Waals surface area contributed by atoms with Crippen molar-refractivity contribution in [1.82, 2.24) is 4.90 Å². The van der Waals surface area contributed by atoms with E-state index in [0.29, 0.717) is 17.7 Å². The Bertz CT molecular complexity index is 834. The number of hydrogen-bond donors (Lipinski definition) is 0. The number of rotatable bonds is 7. The number of halogens is 1. The third-order valence-corrected chi connectivity index (χ3v) is 4.96. The van der Waals surface area contributed by atoms with E-state index in [9.17, 15) is 14.0 Å². The average Bonchev–Trinajstić information content (AvgIpc) is 2.74. The quantitative estimate of drug-likeness (QED) is 0.687. The molecule has 2 aromatic rings. The van der Waals surface area contributed by atoms with Gasteiger partial charge in [0.15, 0.2) is 5.78 Å². The summed E-state index contributed by atoms with van der Waals surface area (Å²) in [5.74, 6) is -1.07. The number of anilines is 1. The Labute approximate surface area is 164 Å². The topological polar surface area (TPSA) is 49.9 Å². The zero-order chi connectivity index (χ0) is 19.9. The number of ether oxygens (including phenoxy) is 1. The minimum atomic E-state index is -0.575. The van der Waals surface area contributed by atoms with Crippen molar-refractivity contribution in [2.75, 3.05) is 44.8 Å². The summed E-state index contributed by atoms with van der Waals surface area (Å²) in [7, 11) is 1.56. The molecule has 6 heteroatoms. The smallest absolute Gasteiger partial charge is 0.261 e. The molecule has 0 unspecified atom stereocenters. The van der Waals surface area contributed by atoms with Gasteiger partial charge in [0.1, 0.15) is 5.82 Å². The first-order chi connectivity index (χ1) is 13.6. The van der Waals surface area contributed by atoms with Crippen LogP contribution in [0, 0.1) is 5.82 Å². The van der Waals surface area contributed by atoms with Crippen LogP contribution in [-0.2, 0) is 4.74 Å². The first kappa shape index (κ1) is 20.2. The Morgan fingerprint density at radius 1 is 1.04 bits per heavy atom. The lowest BCUT2D eigenvalue weighted by atomic mass is 10.0. The van der Waals surface area contributed by atoms with Crippen LogP contribution < -0.4 is 4.90 Å². The molecular formula is C22H25FN2O3. The van der Waals surface area contributed by atoms with Crippen molar-refractivity contribution in [3.8, 4) is 0 Å². The molecule has 5 nitrogen and oxygen atoms in total. The van der Waals surface area contributed by atoms with Crippen LogP contribution in [0.15, 0.2) is 48.5 Å². The van der Waals surface area contributed by atoms with E-state index in [1.165, 1.54) is 23.1 Å². The SMILES string of the molecule is CN(C(=O)c1ccccc1F)c1ccccc1C(=O)CCCN1CCOCC1. The van der Waals surface area contributed by atoms with Gasteiger partial charge in [-0.25, -0.2) is 4.39 Å². The fourth-order valence-corrected chi connectivity index (χ4v) is 3.35. The summed E-state index contributed by atoms with van der Waals surface area (Å²) in [6, 6.07) is 12.8. The molecule has 0 N–H and O–H groups in total. The van der Waals surface area contributed by atoms with Crippen molar-refractivity contribution in [2.45, 2.75) is 12.8 Å². The molecule has 1 aliphatic rings. The molecule has 2 aromatic carbocycles. The number of para-hydroxylation sites is 1. The summed E-state index contributed by atoms with van der Waals surface area (Å²) < 4.78 is 19.3. The van der Waals surface area contributed by atoms with Gasteiger partial charge in [0.05, 0.1) is 24.5 Å². The van der Waals surface area contributed by atoms with Gasteiger partial charge in [-0.15, -0.1) is 0 Å². The first-order valence-corrected chi connectivity index (χ1v) is 9.53. The van der Waals surface area contributed by atoms with E-state index in [0.717, 1.165) is 39.3 Å². The van der Waals surface area contributed by atoms with Gasteiger partial charge >= 0.3 is 0 Å². The van der Waals surface area contributed by atoms with Gasteiger partial charge in [0, 0.05) is 32.1 Å². The second-order valence-electron chi connectivity index (χ2n) is 6.84. The Morgan fingerprint density at radius 2 is 1.68 bits per heavy atom. The van der Waals surface area contributed by atoms with Gasteiger partial charge in [-0.05, 0) is 37.2 Å². The zero-order valence-corrected chi connectivity index (χ0v) is 16.1. The van der Waals surface area contributed by atoms with Crippen LogP contribution in [0.2, 0.25) is 0 Å². The van der Waals surface area contributed by atoms with Gasteiger partial charge in [0.2, 0.25) is 0 Å². The highest BCUT2D eigenvalue weighted by molar-refractivity contribution is 6.10. The molecule has 0 bridgehead atoms. The number of ketones is 1. The largest absolute Gasteiger partial charge is 0.379 e. The maximum absolute atomic E-state index is 14.0. The number of benzene rings is 2. The zero-order valence-electron chi connectivity index (χ0n) is 16.1. The van der Waals surface area contributed by atoms with Crippen LogP contribution in [0.1, 0.15) is 33.6 Å². The summed E-state index contributed by atoms with van der Waals surface area (Å²) >= 11 is 0. The van der Waals surface area contributed by atoms with E-state index in [-0.39, 0.29) is 11.3 Å². The predicted molar refractivity (Wildman–Crippen MR) is 106 cm³/mol. The second-order valence-corrected chi connectivity index (χ2v) is 6.84.